The molecule has 6 heteroatoms. The highest BCUT2D eigenvalue weighted by molar-refractivity contribution is 7.91. The molecular weight excluding hydrogens is 252 g/mol. The molecule has 0 spiro atoms. The van der Waals surface area contributed by atoms with E-state index in [1.165, 1.54) is 0 Å². The summed E-state index contributed by atoms with van der Waals surface area (Å²) in [4.78, 5) is 14.1. The van der Waals surface area contributed by atoms with E-state index in [0.29, 0.717) is 25.4 Å². The minimum atomic E-state index is -2.94. The summed E-state index contributed by atoms with van der Waals surface area (Å²) in [5, 5.41) is 3.25. The van der Waals surface area contributed by atoms with Crippen LogP contribution in [0, 0.1) is 5.92 Å². The molecule has 0 bridgehead atoms. The Morgan fingerprint density at radius 1 is 1.28 bits per heavy atom. The summed E-state index contributed by atoms with van der Waals surface area (Å²) in [6.45, 7) is 3.97. The van der Waals surface area contributed by atoms with Gasteiger partial charge in [0.25, 0.3) is 0 Å². The fraction of sp³-hybridized carbons (Fsp3) is 0.917. The molecule has 2 aliphatic heterocycles. The van der Waals surface area contributed by atoms with Crippen LogP contribution >= 0.6 is 0 Å². The third-order valence-electron chi connectivity index (χ3n) is 3.83. The second kappa shape index (κ2) is 5.57. The first-order valence-electron chi connectivity index (χ1n) is 6.70. The van der Waals surface area contributed by atoms with Crippen molar-refractivity contribution in [1.82, 2.24) is 10.2 Å². The maximum absolute atomic E-state index is 12.3. The molecule has 0 aromatic rings. The summed E-state index contributed by atoms with van der Waals surface area (Å²) < 4.78 is 23.0. The molecule has 1 amide bonds. The van der Waals surface area contributed by atoms with Gasteiger partial charge in [0.2, 0.25) is 5.91 Å². The van der Waals surface area contributed by atoms with Gasteiger partial charge in [-0.3, -0.25) is 4.79 Å². The lowest BCUT2D eigenvalue weighted by Gasteiger charge is -2.31. The normalized spacial score (nSPS) is 32.8. The van der Waals surface area contributed by atoms with E-state index in [9.17, 15) is 13.2 Å². The number of amides is 1. The highest BCUT2D eigenvalue weighted by Gasteiger charge is 2.30. The van der Waals surface area contributed by atoms with Crippen molar-refractivity contribution in [2.24, 2.45) is 5.92 Å². The molecular formula is C12H22N2O3S. The van der Waals surface area contributed by atoms with Gasteiger partial charge in [-0.1, -0.05) is 6.92 Å². The van der Waals surface area contributed by atoms with Crippen LogP contribution < -0.4 is 5.32 Å². The van der Waals surface area contributed by atoms with E-state index in [1.54, 1.807) is 4.90 Å². The molecule has 1 N–H and O–H groups in total. The summed E-state index contributed by atoms with van der Waals surface area (Å²) in [5.74, 6) is 0.973. The van der Waals surface area contributed by atoms with E-state index in [-0.39, 0.29) is 23.5 Å². The Bertz CT molecular complexity index is 408. The number of hydrogen-bond acceptors (Lipinski definition) is 4. The van der Waals surface area contributed by atoms with E-state index in [1.807, 2.05) is 0 Å². The van der Waals surface area contributed by atoms with Gasteiger partial charge in [-0.25, -0.2) is 8.42 Å². The van der Waals surface area contributed by atoms with Crippen LogP contribution in [0.2, 0.25) is 0 Å². The largest absolute Gasteiger partial charge is 0.340 e. The molecule has 2 saturated heterocycles. The molecule has 0 radical (unpaired) electrons. The highest BCUT2D eigenvalue weighted by Crippen LogP contribution is 2.17. The summed E-state index contributed by atoms with van der Waals surface area (Å²) in [6.07, 6.45) is 2.54. The molecule has 0 aromatic heterocycles. The second-order valence-corrected chi connectivity index (χ2v) is 7.77. The quantitative estimate of drug-likeness (QED) is 0.732. The molecule has 5 nitrogen and oxygen atoms in total. The smallest absolute Gasteiger partial charge is 0.239 e. The molecule has 2 heterocycles. The Labute approximate surface area is 109 Å². The third kappa shape index (κ3) is 3.45. The van der Waals surface area contributed by atoms with E-state index < -0.39 is 9.84 Å². The standard InChI is InChI=1S/C12H22N2O3S/c1-10-3-4-13-11(9-10)12(15)14-5-2-7-18(16,17)8-6-14/h10-11,13H,2-9H2,1H3. The van der Waals surface area contributed by atoms with Gasteiger partial charge in [0.1, 0.15) is 0 Å². The van der Waals surface area contributed by atoms with Crippen molar-refractivity contribution in [2.45, 2.75) is 32.2 Å². The number of rotatable bonds is 1. The van der Waals surface area contributed by atoms with Crippen molar-refractivity contribution in [1.29, 1.82) is 0 Å². The van der Waals surface area contributed by atoms with E-state index in [2.05, 4.69) is 12.2 Å². The van der Waals surface area contributed by atoms with Crippen LogP contribution in [-0.4, -0.2) is 56.4 Å². The lowest BCUT2D eigenvalue weighted by molar-refractivity contribution is -0.134. The van der Waals surface area contributed by atoms with Gasteiger partial charge in [-0.05, 0) is 31.7 Å². The van der Waals surface area contributed by atoms with Crippen LogP contribution in [-0.2, 0) is 14.6 Å². The van der Waals surface area contributed by atoms with Gasteiger partial charge in [-0.15, -0.1) is 0 Å². The number of carbonyl (C=O) groups is 1. The van der Waals surface area contributed by atoms with Crippen LogP contribution in [0.25, 0.3) is 0 Å². The van der Waals surface area contributed by atoms with Crippen LogP contribution in [0.5, 0.6) is 0 Å². The van der Waals surface area contributed by atoms with Crippen molar-refractivity contribution in [2.75, 3.05) is 31.1 Å². The number of piperidine rings is 1. The van der Waals surface area contributed by atoms with Crippen molar-refractivity contribution < 1.29 is 13.2 Å². The summed E-state index contributed by atoms with van der Waals surface area (Å²) in [7, 11) is -2.94. The first kappa shape index (κ1) is 13.8. The summed E-state index contributed by atoms with van der Waals surface area (Å²) in [5.41, 5.74) is 0. The SMILES string of the molecule is CC1CCNC(C(=O)N2CCCS(=O)(=O)CC2)C1. The second-order valence-electron chi connectivity index (χ2n) is 5.47. The fourth-order valence-electron chi connectivity index (χ4n) is 2.67. The van der Waals surface area contributed by atoms with Gasteiger partial charge in [0.15, 0.2) is 9.84 Å². The average molecular weight is 274 g/mol. The molecule has 104 valence electrons. The molecule has 0 aliphatic carbocycles. The Morgan fingerprint density at radius 3 is 2.78 bits per heavy atom. The molecule has 2 unspecified atom stereocenters. The molecule has 2 atom stereocenters. The van der Waals surface area contributed by atoms with Crippen LogP contribution in [0.1, 0.15) is 26.2 Å². The van der Waals surface area contributed by atoms with Crippen molar-refractivity contribution in [3.63, 3.8) is 0 Å². The fourth-order valence-corrected chi connectivity index (χ4v) is 3.95. The van der Waals surface area contributed by atoms with Crippen molar-refractivity contribution in [3.8, 4) is 0 Å². The predicted octanol–water partition coefficient (Wildman–Crippen LogP) is 0.0216. The first-order chi connectivity index (χ1) is 8.48. The predicted molar refractivity (Wildman–Crippen MR) is 70.0 cm³/mol. The maximum Gasteiger partial charge on any atom is 0.239 e. The molecule has 18 heavy (non-hydrogen) atoms. The maximum atomic E-state index is 12.3. The Hall–Kier alpha value is -0.620. The molecule has 0 aromatic carbocycles. The van der Waals surface area contributed by atoms with Gasteiger partial charge in [-0.2, -0.15) is 0 Å². The van der Waals surface area contributed by atoms with Gasteiger partial charge >= 0.3 is 0 Å². The monoisotopic (exact) mass is 274 g/mol. The summed E-state index contributed by atoms with van der Waals surface area (Å²) in [6, 6.07) is -0.116. The van der Waals surface area contributed by atoms with E-state index in [4.69, 9.17) is 0 Å². The van der Waals surface area contributed by atoms with Gasteiger partial charge in [0.05, 0.1) is 17.5 Å². The number of nitrogens with one attached hydrogen (secondary N) is 1. The number of hydrogen-bond donors (Lipinski definition) is 1. The number of sulfone groups is 1. The Balaban J connectivity index is 1.96. The number of carbonyl (C=O) groups excluding carboxylic acids is 1. The molecule has 2 aliphatic rings. The highest BCUT2D eigenvalue weighted by atomic mass is 32.2. The Kier molecular flexibility index (Phi) is 4.27. The number of nitrogens with zero attached hydrogens (tertiary/aromatic N) is 1. The average Bonchev–Trinajstić information content (AvgIpc) is 2.49. The topological polar surface area (TPSA) is 66.5 Å². The van der Waals surface area contributed by atoms with E-state index in [0.717, 1.165) is 19.4 Å². The molecule has 2 fully saturated rings. The van der Waals surface area contributed by atoms with Crippen molar-refractivity contribution >= 4 is 15.7 Å². The lowest BCUT2D eigenvalue weighted by Crippen LogP contribution is -2.50. The zero-order chi connectivity index (χ0) is 13.2. The Morgan fingerprint density at radius 2 is 2.06 bits per heavy atom. The lowest BCUT2D eigenvalue weighted by atomic mass is 9.93. The third-order valence-corrected chi connectivity index (χ3v) is 5.55. The van der Waals surface area contributed by atoms with Crippen LogP contribution in [0.3, 0.4) is 0 Å². The molecule has 2 rings (SSSR count). The van der Waals surface area contributed by atoms with Crippen molar-refractivity contribution in [3.05, 3.63) is 0 Å². The van der Waals surface area contributed by atoms with E-state index >= 15 is 0 Å². The van der Waals surface area contributed by atoms with Gasteiger partial charge < -0.3 is 10.2 Å². The minimum Gasteiger partial charge on any atom is -0.340 e. The molecule has 0 saturated carbocycles. The summed E-state index contributed by atoms with van der Waals surface area (Å²) >= 11 is 0. The first-order valence-corrected chi connectivity index (χ1v) is 8.53. The van der Waals surface area contributed by atoms with Gasteiger partial charge in [0, 0.05) is 13.1 Å². The van der Waals surface area contributed by atoms with Crippen LogP contribution in [0.4, 0.5) is 0 Å². The van der Waals surface area contributed by atoms with Crippen LogP contribution in [0.15, 0.2) is 0 Å². The minimum absolute atomic E-state index is 0.0821. The zero-order valence-electron chi connectivity index (χ0n) is 10.9. The zero-order valence-corrected chi connectivity index (χ0v) is 11.7.